The minimum atomic E-state index is 0.301. The maximum atomic E-state index is 8.83. The van der Waals surface area contributed by atoms with Gasteiger partial charge in [0, 0.05) is 24.7 Å². The summed E-state index contributed by atoms with van der Waals surface area (Å²) < 4.78 is 0. The maximum absolute atomic E-state index is 8.83. The zero-order valence-electron chi connectivity index (χ0n) is 8.03. The Kier molecular flexibility index (Phi) is 2.44. The van der Waals surface area contributed by atoms with E-state index in [1.54, 1.807) is 0 Å². The summed E-state index contributed by atoms with van der Waals surface area (Å²) in [6, 6.07) is 2.10. The largest absolute Gasteiger partial charge is 0.305 e. The molecule has 1 atom stereocenters. The van der Waals surface area contributed by atoms with E-state index in [1.165, 1.54) is 0 Å². The molecular formula is C10H11N3S. The lowest BCUT2D eigenvalue weighted by atomic mass is 9.91. The van der Waals surface area contributed by atoms with Crippen LogP contribution in [0.5, 0.6) is 0 Å². The molecule has 0 N–H and O–H groups in total. The molecule has 0 saturated carbocycles. The zero-order chi connectivity index (χ0) is 10.1. The molecule has 1 unspecified atom stereocenters. The van der Waals surface area contributed by atoms with Crippen molar-refractivity contribution in [3.63, 3.8) is 0 Å². The van der Waals surface area contributed by atoms with E-state index in [9.17, 15) is 0 Å². The summed E-state index contributed by atoms with van der Waals surface area (Å²) in [4.78, 5) is 7.04. The monoisotopic (exact) mass is 205 g/mol. The van der Waals surface area contributed by atoms with E-state index < -0.39 is 0 Å². The van der Waals surface area contributed by atoms with Gasteiger partial charge in [-0.3, -0.25) is 0 Å². The molecule has 0 radical (unpaired) electrons. The molecule has 1 saturated heterocycles. The smallest absolute Gasteiger partial charge is 0.143 e. The predicted molar refractivity (Wildman–Crippen MR) is 59.3 cm³/mol. The first-order valence-electron chi connectivity index (χ1n) is 4.63. The number of hydrogen-bond acceptors (Lipinski definition) is 3. The summed E-state index contributed by atoms with van der Waals surface area (Å²) in [5, 5.41) is 8.83. The van der Waals surface area contributed by atoms with E-state index in [0.29, 0.717) is 16.5 Å². The normalized spacial score (nSPS) is 27.4. The molecule has 4 heteroatoms. The number of aliphatic imine (C=N–C) groups is 1. The van der Waals surface area contributed by atoms with Crippen LogP contribution in [0.1, 0.15) is 6.42 Å². The van der Waals surface area contributed by atoms with Gasteiger partial charge in [-0.2, -0.15) is 5.26 Å². The standard InChI is InChI=1S/C10H11N3S/c1-13-3-2-9-8(6-13)4-7(5-11)10(14)12-9/h4,8H,2-3,6H2,1H3. The fourth-order valence-electron chi connectivity index (χ4n) is 1.86. The van der Waals surface area contributed by atoms with Crippen molar-refractivity contribution >= 4 is 22.9 Å². The highest BCUT2D eigenvalue weighted by Gasteiger charge is 2.26. The number of hydrogen-bond donors (Lipinski definition) is 0. The van der Waals surface area contributed by atoms with Crippen molar-refractivity contribution < 1.29 is 0 Å². The van der Waals surface area contributed by atoms with Crippen LogP contribution >= 0.6 is 12.2 Å². The van der Waals surface area contributed by atoms with E-state index in [4.69, 9.17) is 17.5 Å². The van der Waals surface area contributed by atoms with Crippen molar-refractivity contribution in [2.24, 2.45) is 10.9 Å². The van der Waals surface area contributed by atoms with Gasteiger partial charge in [0.2, 0.25) is 0 Å². The van der Waals surface area contributed by atoms with Crippen LogP contribution in [0, 0.1) is 17.2 Å². The SMILES string of the molecule is CN1CCC2=NC(=S)C(C#N)=CC2C1. The molecule has 72 valence electrons. The Balaban J connectivity index is 2.27. The first-order chi connectivity index (χ1) is 6.70. The lowest BCUT2D eigenvalue weighted by Gasteiger charge is -2.31. The first kappa shape index (κ1) is 9.50. The second-order valence-electron chi connectivity index (χ2n) is 3.72. The molecule has 2 aliphatic heterocycles. The van der Waals surface area contributed by atoms with Gasteiger partial charge in [0.25, 0.3) is 0 Å². The highest BCUT2D eigenvalue weighted by molar-refractivity contribution is 7.80. The van der Waals surface area contributed by atoms with Crippen molar-refractivity contribution in [3.8, 4) is 6.07 Å². The van der Waals surface area contributed by atoms with E-state index in [-0.39, 0.29) is 0 Å². The van der Waals surface area contributed by atoms with Crippen LogP contribution in [0.15, 0.2) is 16.6 Å². The molecule has 0 aromatic heterocycles. The van der Waals surface area contributed by atoms with Crippen molar-refractivity contribution in [1.29, 1.82) is 5.26 Å². The highest BCUT2D eigenvalue weighted by atomic mass is 32.1. The molecule has 0 aromatic carbocycles. The number of dihydropyridines is 1. The first-order valence-corrected chi connectivity index (χ1v) is 5.04. The molecule has 0 aliphatic carbocycles. The minimum Gasteiger partial charge on any atom is -0.305 e. The molecule has 0 amide bonds. The lowest BCUT2D eigenvalue weighted by molar-refractivity contribution is 0.310. The quantitative estimate of drug-likeness (QED) is 0.557. The Morgan fingerprint density at radius 3 is 3.21 bits per heavy atom. The highest BCUT2D eigenvalue weighted by Crippen LogP contribution is 2.21. The Bertz CT molecular complexity index is 375. The number of piperidine rings is 1. The summed E-state index contributed by atoms with van der Waals surface area (Å²) >= 11 is 5.03. The second kappa shape index (κ2) is 3.60. The second-order valence-corrected chi connectivity index (χ2v) is 4.11. The van der Waals surface area contributed by atoms with Crippen molar-refractivity contribution in [2.75, 3.05) is 20.1 Å². The van der Waals surface area contributed by atoms with Crippen LogP contribution in [0.25, 0.3) is 0 Å². The van der Waals surface area contributed by atoms with Crippen LogP contribution in [0.2, 0.25) is 0 Å². The van der Waals surface area contributed by atoms with Crippen molar-refractivity contribution in [1.82, 2.24) is 4.90 Å². The van der Waals surface area contributed by atoms with Gasteiger partial charge in [0.05, 0.1) is 5.57 Å². The molecule has 3 nitrogen and oxygen atoms in total. The van der Waals surface area contributed by atoms with Gasteiger partial charge in [-0.05, 0) is 13.5 Å². The van der Waals surface area contributed by atoms with Crippen LogP contribution in [0.3, 0.4) is 0 Å². The van der Waals surface area contributed by atoms with Gasteiger partial charge >= 0.3 is 0 Å². The Hall–Kier alpha value is -1.05. The van der Waals surface area contributed by atoms with Crippen LogP contribution in [-0.2, 0) is 0 Å². The third-order valence-electron chi connectivity index (χ3n) is 2.65. The number of fused-ring (bicyclic) bond motifs is 1. The number of nitriles is 1. The summed E-state index contributed by atoms with van der Waals surface area (Å²) in [6.45, 7) is 1.99. The average Bonchev–Trinajstić information content (AvgIpc) is 2.17. The predicted octanol–water partition coefficient (Wildman–Crippen LogP) is 1.17. The van der Waals surface area contributed by atoms with Crippen LogP contribution in [0.4, 0.5) is 0 Å². The molecule has 2 heterocycles. The number of nitrogens with zero attached hydrogens (tertiary/aromatic N) is 3. The van der Waals surface area contributed by atoms with Crippen molar-refractivity contribution in [2.45, 2.75) is 6.42 Å². The van der Waals surface area contributed by atoms with Crippen molar-refractivity contribution in [3.05, 3.63) is 11.6 Å². The van der Waals surface area contributed by atoms with E-state index in [0.717, 1.165) is 25.2 Å². The number of likely N-dealkylation sites (tertiary alicyclic amines) is 1. The van der Waals surface area contributed by atoms with Crippen LogP contribution in [-0.4, -0.2) is 35.7 Å². The summed E-state index contributed by atoms with van der Waals surface area (Å²) in [5.41, 5.74) is 1.70. The van der Waals surface area contributed by atoms with E-state index in [2.05, 4.69) is 23.0 Å². The molecule has 2 rings (SSSR count). The van der Waals surface area contributed by atoms with E-state index in [1.807, 2.05) is 6.08 Å². The number of thiocarbonyl (C=S) groups is 1. The Morgan fingerprint density at radius 2 is 2.50 bits per heavy atom. The summed E-state index contributed by atoms with van der Waals surface area (Å²) in [7, 11) is 2.09. The molecule has 1 fully saturated rings. The average molecular weight is 205 g/mol. The van der Waals surface area contributed by atoms with E-state index >= 15 is 0 Å². The van der Waals surface area contributed by atoms with Crippen LogP contribution < -0.4 is 0 Å². The Morgan fingerprint density at radius 1 is 1.71 bits per heavy atom. The van der Waals surface area contributed by atoms with Gasteiger partial charge in [-0.25, -0.2) is 4.99 Å². The van der Waals surface area contributed by atoms with Gasteiger partial charge in [-0.1, -0.05) is 18.3 Å². The summed E-state index contributed by atoms with van der Waals surface area (Å²) in [6.07, 6.45) is 2.93. The maximum Gasteiger partial charge on any atom is 0.143 e. The lowest BCUT2D eigenvalue weighted by Crippen LogP contribution is -2.39. The zero-order valence-corrected chi connectivity index (χ0v) is 8.84. The fourth-order valence-corrected chi connectivity index (χ4v) is 2.09. The third kappa shape index (κ3) is 1.61. The third-order valence-corrected chi connectivity index (χ3v) is 2.96. The number of rotatable bonds is 0. The molecule has 0 bridgehead atoms. The molecule has 0 aromatic rings. The fraction of sp³-hybridized carbons (Fsp3) is 0.500. The van der Waals surface area contributed by atoms with Gasteiger partial charge in [-0.15, -0.1) is 0 Å². The molecule has 0 spiro atoms. The van der Waals surface area contributed by atoms with Gasteiger partial charge in [0.1, 0.15) is 11.1 Å². The molecule has 14 heavy (non-hydrogen) atoms. The topological polar surface area (TPSA) is 39.4 Å². The Labute approximate surface area is 88.7 Å². The molecule has 2 aliphatic rings. The minimum absolute atomic E-state index is 0.301. The summed E-state index contributed by atoms with van der Waals surface area (Å²) in [5.74, 6) is 0.301. The molecular weight excluding hydrogens is 194 g/mol. The van der Waals surface area contributed by atoms with Gasteiger partial charge < -0.3 is 4.90 Å². The van der Waals surface area contributed by atoms with Gasteiger partial charge in [0.15, 0.2) is 0 Å².